The SMILES string of the molecule is N=CO[B][C@@H]1CCN(c2ccc(N3C[C@H](CCC(=O)c4ccc(Cl)s4)OC3=O)cc2)C1=O. The van der Waals surface area contributed by atoms with Crippen molar-refractivity contribution in [3.05, 3.63) is 45.6 Å². The highest BCUT2D eigenvalue weighted by Crippen LogP contribution is 2.31. The molecular weight excluding hydrogens is 453 g/mol. The average molecular weight is 473 g/mol. The molecule has 2 aromatic rings. The zero-order valence-electron chi connectivity index (χ0n) is 17.0. The Bertz CT molecular complexity index is 1030. The van der Waals surface area contributed by atoms with Crippen molar-refractivity contribution in [2.45, 2.75) is 31.2 Å². The van der Waals surface area contributed by atoms with E-state index in [0.29, 0.717) is 40.8 Å². The van der Waals surface area contributed by atoms with Crippen LogP contribution in [-0.2, 0) is 14.2 Å². The number of carbonyl (C=O) groups excluding carboxylic acids is 3. The van der Waals surface area contributed by atoms with Gasteiger partial charge in [0.15, 0.2) is 5.78 Å². The summed E-state index contributed by atoms with van der Waals surface area (Å²) in [6.07, 6.45) is 1.30. The van der Waals surface area contributed by atoms with E-state index in [9.17, 15) is 14.4 Å². The minimum atomic E-state index is -0.454. The predicted molar refractivity (Wildman–Crippen MR) is 123 cm³/mol. The summed E-state index contributed by atoms with van der Waals surface area (Å²) in [7, 11) is 1.38. The number of hydrogen-bond donors (Lipinski definition) is 1. The van der Waals surface area contributed by atoms with Crippen LogP contribution in [0.3, 0.4) is 0 Å². The molecule has 1 aromatic heterocycles. The maximum absolute atomic E-state index is 12.5. The summed E-state index contributed by atoms with van der Waals surface area (Å²) >= 11 is 7.12. The van der Waals surface area contributed by atoms with Gasteiger partial charge in [0.05, 0.1) is 21.6 Å². The molecule has 165 valence electrons. The van der Waals surface area contributed by atoms with E-state index in [0.717, 1.165) is 12.1 Å². The zero-order valence-corrected chi connectivity index (χ0v) is 18.6. The van der Waals surface area contributed by atoms with Gasteiger partial charge in [-0.1, -0.05) is 11.6 Å². The Hall–Kier alpha value is -2.85. The second kappa shape index (κ2) is 9.75. The first kappa shape index (κ1) is 22.4. The van der Waals surface area contributed by atoms with Crippen LogP contribution in [0, 0.1) is 5.41 Å². The van der Waals surface area contributed by atoms with Crippen LogP contribution in [0.5, 0.6) is 0 Å². The van der Waals surface area contributed by atoms with Gasteiger partial charge in [0.1, 0.15) is 12.5 Å². The van der Waals surface area contributed by atoms with Crippen molar-refractivity contribution in [2.24, 2.45) is 0 Å². The van der Waals surface area contributed by atoms with Gasteiger partial charge in [0, 0.05) is 24.3 Å². The average Bonchev–Trinajstić information content (AvgIpc) is 3.49. The Morgan fingerprint density at radius 3 is 2.59 bits per heavy atom. The van der Waals surface area contributed by atoms with E-state index in [1.165, 1.54) is 23.7 Å². The first-order chi connectivity index (χ1) is 15.5. The number of cyclic esters (lactones) is 1. The molecule has 0 aliphatic carbocycles. The standard InChI is InChI=1S/C21H20BClN3O5S/c23-19-8-7-18(32-19)17(27)6-5-15-11-26(21(29)31-15)14-3-1-13(2-4-14)25-10-9-16(20(25)28)22-30-12-24/h1-4,7-8,12,15-16,24H,5-6,9-11H2/t15-,16+/m0/s1. The molecule has 1 N–H and O–H groups in total. The summed E-state index contributed by atoms with van der Waals surface area (Å²) < 4.78 is 10.8. The number of halogens is 1. The molecule has 2 atom stereocenters. The van der Waals surface area contributed by atoms with Crippen molar-refractivity contribution in [2.75, 3.05) is 22.9 Å². The number of benzene rings is 1. The van der Waals surface area contributed by atoms with E-state index in [4.69, 9.17) is 26.4 Å². The second-order valence-corrected chi connectivity index (χ2v) is 9.19. The molecule has 0 unspecified atom stereocenters. The Morgan fingerprint density at radius 2 is 1.94 bits per heavy atom. The maximum atomic E-state index is 12.5. The quantitative estimate of drug-likeness (QED) is 0.256. The van der Waals surface area contributed by atoms with Gasteiger partial charge in [-0.15, -0.1) is 11.3 Å². The summed E-state index contributed by atoms with van der Waals surface area (Å²) in [5, 5.41) is 6.90. The van der Waals surface area contributed by atoms with Gasteiger partial charge in [0.25, 0.3) is 0 Å². The van der Waals surface area contributed by atoms with Gasteiger partial charge in [-0.2, -0.15) is 0 Å². The molecule has 1 radical (unpaired) electrons. The molecule has 11 heteroatoms. The molecule has 2 aliphatic rings. The van der Waals surface area contributed by atoms with Gasteiger partial charge in [-0.3, -0.25) is 19.9 Å². The van der Waals surface area contributed by atoms with Crippen LogP contribution in [0.1, 0.15) is 28.9 Å². The number of anilines is 2. The lowest BCUT2D eigenvalue weighted by Gasteiger charge is -2.19. The third kappa shape index (κ3) is 4.81. The van der Waals surface area contributed by atoms with Crippen LogP contribution in [-0.4, -0.2) is 50.9 Å². The maximum Gasteiger partial charge on any atom is 0.414 e. The number of carbonyl (C=O) groups is 3. The molecule has 0 saturated carbocycles. The molecule has 2 fully saturated rings. The number of thiophene rings is 1. The molecule has 1 aromatic carbocycles. The van der Waals surface area contributed by atoms with E-state index in [1.807, 2.05) is 0 Å². The molecule has 4 rings (SSSR count). The number of ether oxygens (including phenoxy) is 1. The lowest BCUT2D eigenvalue weighted by Crippen LogP contribution is -2.28. The van der Waals surface area contributed by atoms with Gasteiger partial charge in [0.2, 0.25) is 5.91 Å². The zero-order chi connectivity index (χ0) is 22.7. The van der Waals surface area contributed by atoms with Gasteiger partial charge >= 0.3 is 13.6 Å². The third-order valence-electron chi connectivity index (χ3n) is 5.45. The van der Waals surface area contributed by atoms with E-state index in [2.05, 4.69) is 0 Å². The van der Waals surface area contributed by atoms with E-state index < -0.39 is 6.09 Å². The lowest BCUT2D eigenvalue weighted by molar-refractivity contribution is -0.117. The minimum absolute atomic E-state index is 0.0161. The van der Waals surface area contributed by atoms with Crippen molar-refractivity contribution < 1.29 is 23.8 Å². The number of rotatable bonds is 9. The smallest absolute Gasteiger partial charge is 0.414 e. The van der Waals surface area contributed by atoms with E-state index >= 15 is 0 Å². The van der Waals surface area contributed by atoms with Crippen molar-refractivity contribution in [1.29, 1.82) is 5.41 Å². The number of nitrogens with zero attached hydrogens (tertiary/aromatic N) is 2. The monoisotopic (exact) mass is 472 g/mol. The molecule has 32 heavy (non-hydrogen) atoms. The van der Waals surface area contributed by atoms with E-state index in [1.54, 1.807) is 41.3 Å². The van der Waals surface area contributed by atoms with Crippen molar-refractivity contribution in [3.63, 3.8) is 0 Å². The summed E-state index contributed by atoms with van der Waals surface area (Å²) in [6.45, 7) is 0.912. The van der Waals surface area contributed by atoms with Crippen LogP contribution in [0.15, 0.2) is 36.4 Å². The highest BCUT2D eigenvalue weighted by molar-refractivity contribution is 7.18. The fourth-order valence-electron chi connectivity index (χ4n) is 3.79. The minimum Gasteiger partial charge on any atom is -0.555 e. The van der Waals surface area contributed by atoms with Crippen LogP contribution < -0.4 is 9.80 Å². The van der Waals surface area contributed by atoms with Gasteiger partial charge in [-0.05, 0) is 49.2 Å². The highest BCUT2D eigenvalue weighted by atomic mass is 35.5. The van der Waals surface area contributed by atoms with Crippen LogP contribution >= 0.6 is 22.9 Å². The largest absolute Gasteiger partial charge is 0.555 e. The normalized spacial score (nSPS) is 20.4. The third-order valence-corrected chi connectivity index (χ3v) is 6.72. The highest BCUT2D eigenvalue weighted by Gasteiger charge is 2.35. The molecule has 2 amide bonds. The first-order valence-corrected chi connectivity index (χ1v) is 11.3. The Labute approximate surface area is 194 Å². The first-order valence-electron chi connectivity index (χ1n) is 10.1. The molecule has 2 aliphatic heterocycles. The topological polar surface area (TPSA) is 100 Å². The Morgan fingerprint density at radius 1 is 1.22 bits per heavy atom. The number of nitrogens with one attached hydrogen (secondary N) is 1. The van der Waals surface area contributed by atoms with Gasteiger partial charge in [-0.25, -0.2) is 4.79 Å². The van der Waals surface area contributed by atoms with E-state index in [-0.39, 0.29) is 30.0 Å². The molecule has 2 saturated heterocycles. The Kier molecular flexibility index (Phi) is 6.81. The van der Waals surface area contributed by atoms with Crippen LogP contribution in [0.2, 0.25) is 10.2 Å². The molecule has 0 bridgehead atoms. The van der Waals surface area contributed by atoms with Crippen molar-refractivity contribution >= 4 is 66.0 Å². The number of amides is 2. The van der Waals surface area contributed by atoms with Crippen molar-refractivity contribution in [3.8, 4) is 0 Å². The summed E-state index contributed by atoms with van der Waals surface area (Å²) in [6, 6.07) is 10.5. The summed E-state index contributed by atoms with van der Waals surface area (Å²) in [4.78, 5) is 40.9. The molecule has 8 nitrogen and oxygen atoms in total. The summed E-state index contributed by atoms with van der Waals surface area (Å²) in [5.74, 6) is -0.479. The Balaban J connectivity index is 1.33. The second-order valence-electron chi connectivity index (χ2n) is 7.47. The van der Waals surface area contributed by atoms with Crippen LogP contribution in [0.25, 0.3) is 0 Å². The molecule has 3 heterocycles. The lowest BCUT2D eigenvalue weighted by atomic mass is 9.79. The number of Topliss-reactive ketones (excluding diaryl/α,β-unsaturated/α-hetero) is 1. The molecular formula is C21H20BClN3O5S. The number of hydrogen-bond acceptors (Lipinski definition) is 7. The predicted octanol–water partition coefficient (Wildman–Crippen LogP) is 4.16. The fourth-order valence-corrected chi connectivity index (χ4v) is 4.80. The van der Waals surface area contributed by atoms with Gasteiger partial charge < -0.3 is 14.3 Å². The van der Waals surface area contributed by atoms with Crippen LogP contribution in [0.4, 0.5) is 16.2 Å². The van der Waals surface area contributed by atoms with Crippen molar-refractivity contribution in [1.82, 2.24) is 0 Å². The summed E-state index contributed by atoms with van der Waals surface area (Å²) in [5.41, 5.74) is 1.40. The fraction of sp³-hybridized carbons (Fsp3) is 0.333. The molecule has 0 spiro atoms. The number of ketones is 1.